The molecule has 2 rings (SSSR count). The van der Waals surface area contributed by atoms with Gasteiger partial charge in [0.25, 0.3) is 0 Å². The molecule has 7 heteroatoms. The first-order valence-electron chi connectivity index (χ1n) is 5.45. The van der Waals surface area contributed by atoms with Gasteiger partial charge in [0, 0.05) is 18.0 Å². The van der Waals surface area contributed by atoms with Crippen LogP contribution in [0.4, 0.5) is 5.13 Å². The van der Waals surface area contributed by atoms with E-state index in [2.05, 4.69) is 29.1 Å². The minimum Gasteiger partial charge on any atom is -0.374 e. The first-order valence-corrected chi connectivity index (χ1v) is 7.25. The van der Waals surface area contributed by atoms with Gasteiger partial charge in [-0.3, -0.25) is 4.68 Å². The lowest BCUT2D eigenvalue weighted by atomic mass is 10.3. The monoisotopic (exact) mass is 269 g/mol. The second-order valence-electron chi connectivity index (χ2n) is 3.74. The Morgan fingerprint density at radius 1 is 1.53 bits per heavy atom. The molecular formula is C10H15N5S2. The molecule has 0 saturated heterocycles. The van der Waals surface area contributed by atoms with Crippen LogP contribution in [0, 0.1) is 0 Å². The van der Waals surface area contributed by atoms with Gasteiger partial charge in [-0.05, 0) is 19.4 Å². The van der Waals surface area contributed by atoms with E-state index in [1.54, 1.807) is 11.8 Å². The quantitative estimate of drug-likeness (QED) is 0.845. The number of anilines is 1. The molecule has 2 heterocycles. The number of nitrogens with zero attached hydrogens (tertiary/aromatic N) is 4. The van der Waals surface area contributed by atoms with E-state index in [0.29, 0.717) is 11.2 Å². The van der Waals surface area contributed by atoms with Crippen molar-refractivity contribution in [3.05, 3.63) is 18.0 Å². The van der Waals surface area contributed by atoms with Crippen LogP contribution >= 0.6 is 23.1 Å². The van der Waals surface area contributed by atoms with Crippen LogP contribution in [-0.4, -0.2) is 20.0 Å². The molecule has 5 nitrogen and oxygen atoms in total. The minimum absolute atomic E-state index is 0.450. The maximum absolute atomic E-state index is 5.52. The Labute approximate surface area is 108 Å². The molecule has 2 aromatic heterocycles. The van der Waals surface area contributed by atoms with E-state index in [4.69, 9.17) is 5.73 Å². The van der Waals surface area contributed by atoms with Crippen LogP contribution in [0.3, 0.4) is 0 Å². The first-order chi connectivity index (χ1) is 8.19. The number of rotatable bonds is 5. The Hall–Kier alpha value is -1.08. The largest absolute Gasteiger partial charge is 0.374 e. The van der Waals surface area contributed by atoms with E-state index in [1.807, 2.05) is 16.9 Å². The summed E-state index contributed by atoms with van der Waals surface area (Å²) in [5.74, 6) is 0.804. The number of hydrogen-bond donors (Lipinski definition) is 1. The zero-order valence-electron chi connectivity index (χ0n) is 9.83. The van der Waals surface area contributed by atoms with Crippen molar-refractivity contribution in [3.8, 4) is 0 Å². The van der Waals surface area contributed by atoms with Crippen LogP contribution in [-0.2, 0) is 5.75 Å². The van der Waals surface area contributed by atoms with Crippen LogP contribution in [0.5, 0.6) is 0 Å². The molecule has 92 valence electrons. The summed E-state index contributed by atoms with van der Waals surface area (Å²) in [6.07, 6.45) is 3.11. The van der Waals surface area contributed by atoms with E-state index in [9.17, 15) is 0 Å². The van der Waals surface area contributed by atoms with Crippen molar-refractivity contribution in [1.82, 2.24) is 20.0 Å². The maximum Gasteiger partial charge on any atom is 0.203 e. The highest BCUT2D eigenvalue weighted by molar-refractivity contribution is 8.00. The number of aromatic nitrogens is 4. The Bertz CT molecular complexity index is 479. The second kappa shape index (κ2) is 5.50. The van der Waals surface area contributed by atoms with E-state index >= 15 is 0 Å². The third-order valence-electron chi connectivity index (χ3n) is 2.47. The Kier molecular flexibility index (Phi) is 4.01. The number of hydrogen-bond acceptors (Lipinski definition) is 6. The van der Waals surface area contributed by atoms with E-state index in [0.717, 1.165) is 22.2 Å². The zero-order chi connectivity index (χ0) is 12.3. The van der Waals surface area contributed by atoms with Gasteiger partial charge in [0.2, 0.25) is 5.13 Å². The van der Waals surface area contributed by atoms with Gasteiger partial charge in [0.05, 0.1) is 5.69 Å². The highest BCUT2D eigenvalue weighted by Gasteiger charge is 2.07. The number of nitrogens with two attached hydrogens (primary N) is 1. The van der Waals surface area contributed by atoms with Crippen molar-refractivity contribution < 1.29 is 0 Å². The molecule has 17 heavy (non-hydrogen) atoms. The van der Waals surface area contributed by atoms with Crippen LogP contribution in [0.1, 0.15) is 32.0 Å². The summed E-state index contributed by atoms with van der Waals surface area (Å²) >= 11 is 3.02. The highest BCUT2D eigenvalue weighted by atomic mass is 32.2. The van der Waals surface area contributed by atoms with Gasteiger partial charge >= 0.3 is 0 Å². The normalized spacial score (nSPS) is 12.8. The van der Waals surface area contributed by atoms with Gasteiger partial charge in [0.15, 0.2) is 4.34 Å². The summed E-state index contributed by atoms with van der Waals surface area (Å²) < 4.78 is 2.89. The maximum atomic E-state index is 5.52. The summed E-state index contributed by atoms with van der Waals surface area (Å²) in [7, 11) is 0. The molecule has 0 aromatic carbocycles. The molecule has 0 saturated carbocycles. The van der Waals surface area contributed by atoms with Gasteiger partial charge in [-0.2, -0.15) is 5.10 Å². The highest BCUT2D eigenvalue weighted by Crippen LogP contribution is 2.26. The molecule has 2 N–H and O–H groups in total. The van der Waals surface area contributed by atoms with Crippen LogP contribution in [0.25, 0.3) is 0 Å². The molecule has 0 aliphatic heterocycles. The van der Waals surface area contributed by atoms with Gasteiger partial charge < -0.3 is 5.73 Å². The van der Waals surface area contributed by atoms with Crippen molar-refractivity contribution in [2.24, 2.45) is 0 Å². The fourth-order valence-electron chi connectivity index (χ4n) is 1.30. The molecule has 0 spiro atoms. The Balaban J connectivity index is 1.93. The van der Waals surface area contributed by atoms with E-state index < -0.39 is 0 Å². The predicted octanol–water partition coefficient (Wildman–Crippen LogP) is 2.58. The minimum atomic E-state index is 0.450. The summed E-state index contributed by atoms with van der Waals surface area (Å²) in [5, 5.41) is 12.8. The predicted molar refractivity (Wildman–Crippen MR) is 71.1 cm³/mol. The third kappa shape index (κ3) is 3.19. The summed E-state index contributed by atoms with van der Waals surface area (Å²) in [6.45, 7) is 4.32. The van der Waals surface area contributed by atoms with E-state index in [1.165, 1.54) is 11.3 Å². The smallest absolute Gasteiger partial charge is 0.203 e. The lowest BCUT2D eigenvalue weighted by molar-refractivity contribution is 0.475. The van der Waals surface area contributed by atoms with Crippen LogP contribution in [0.15, 0.2) is 16.6 Å². The first kappa shape index (κ1) is 12.4. The molecule has 0 bridgehead atoms. The standard InChI is InChI=1S/C10H15N5S2/c1-3-7(2)15-5-4-8(14-15)6-16-10-13-12-9(11)17-10/h4-5,7H,3,6H2,1-2H3,(H2,11,12). The van der Waals surface area contributed by atoms with Crippen molar-refractivity contribution in [3.63, 3.8) is 0 Å². The molecule has 1 unspecified atom stereocenters. The fourth-order valence-corrected chi connectivity index (χ4v) is 2.84. The summed E-state index contributed by atoms with van der Waals surface area (Å²) in [6, 6.07) is 2.50. The Morgan fingerprint density at radius 2 is 2.35 bits per heavy atom. The van der Waals surface area contributed by atoms with Gasteiger partial charge in [-0.15, -0.1) is 10.2 Å². The molecule has 0 aliphatic carbocycles. The van der Waals surface area contributed by atoms with Crippen LogP contribution < -0.4 is 5.73 Å². The molecule has 0 radical (unpaired) electrons. The van der Waals surface area contributed by atoms with Gasteiger partial charge in [-0.25, -0.2) is 0 Å². The average molecular weight is 269 g/mol. The molecule has 1 atom stereocenters. The lowest BCUT2D eigenvalue weighted by Crippen LogP contribution is -2.04. The van der Waals surface area contributed by atoms with Crippen LogP contribution in [0.2, 0.25) is 0 Å². The van der Waals surface area contributed by atoms with Gasteiger partial charge in [0.1, 0.15) is 0 Å². The zero-order valence-corrected chi connectivity index (χ0v) is 11.5. The Morgan fingerprint density at radius 3 is 3.00 bits per heavy atom. The van der Waals surface area contributed by atoms with Crippen molar-refractivity contribution in [1.29, 1.82) is 0 Å². The fraction of sp³-hybridized carbons (Fsp3) is 0.500. The van der Waals surface area contributed by atoms with E-state index in [-0.39, 0.29) is 0 Å². The average Bonchev–Trinajstić information content (AvgIpc) is 2.94. The molecular weight excluding hydrogens is 254 g/mol. The molecule has 0 fully saturated rings. The number of thioether (sulfide) groups is 1. The molecule has 0 aliphatic rings. The number of nitrogen functional groups attached to an aromatic ring is 1. The van der Waals surface area contributed by atoms with Gasteiger partial charge in [-0.1, -0.05) is 30.0 Å². The third-order valence-corrected chi connectivity index (χ3v) is 4.39. The molecule has 0 amide bonds. The summed E-state index contributed by atoms with van der Waals surface area (Å²) in [4.78, 5) is 0. The lowest BCUT2D eigenvalue weighted by Gasteiger charge is -2.07. The summed E-state index contributed by atoms with van der Waals surface area (Å²) in [5.41, 5.74) is 6.58. The van der Waals surface area contributed by atoms with Crippen molar-refractivity contribution in [2.75, 3.05) is 5.73 Å². The van der Waals surface area contributed by atoms with Crippen molar-refractivity contribution >= 4 is 28.2 Å². The van der Waals surface area contributed by atoms with Crippen molar-refractivity contribution in [2.45, 2.75) is 36.4 Å². The SMILES string of the molecule is CCC(C)n1ccc(CSc2nnc(N)s2)n1. The topological polar surface area (TPSA) is 69.6 Å². The molecule has 2 aromatic rings. The second-order valence-corrected chi connectivity index (χ2v) is 5.97.